The van der Waals surface area contributed by atoms with Crippen molar-refractivity contribution < 1.29 is 9.59 Å². The van der Waals surface area contributed by atoms with E-state index in [0.717, 1.165) is 19.3 Å². The standard InChI is InChI=1S/C17H20N2O2S/c20-16(12-5-6-12)18-7-9-19(10-8-18)17(21)15-11-13-3-1-2-4-14(13)22-15/h1-4,12,15H,5-11H2. The molecule has 1 saturated heterocycles. The van der Waals surface area contributed by atoms with Crippen LogP contribution in [0.15, 0.2) is 29.2 Å². The number of hydrogen-bond acceptors (Lipinski definition) is 3. The molecule has 1 saturated carbocycles. The number of carbonyl (C=O) groups excluding carboxylic acids is 2. The van der Waals surface area contributed by atoms with E-state index in [1.165, 1.54) is 10.5 Å². The smallest absolute Gasteiger partial charge is 0.236 e. The van der Waals surface area contributed by atoms with E-state index < -0.39 is 0 Å². The Balaban J connectivity index is 1.34. The average molecular weight is 316 g/mol. The minimum atomic E-state index is 0.0167. The molecule has 4 nitrogen and oxygen atoms in total. The van der Waals surface area contributed by atoms with Gasteiger partial charge in [-0.05, 0) is 30.9 Å². The molecule has 1 atom stereocenters. The van der Waals surface area contributed by atoms with Crippen LogP contribution in [0, 0.1) is 5.92 Å². The van der Waals surface area contributed by atoms with Gasteiger partial charge in [0.05, 0.1) is 5.25 Å². The summed E-state index contributed by atoms with van der Waals surface area (Å²) in [7, 11) is 0. The second-order valence-corrected chi connectivity index (χ2v) is 7.59. The lowest BCUT2D eigenvalue weighted by molar-refractivity contribution is -0.140. The molecule has 22 heavy (non-hydrogen) atoms. The highest BCUT2D eigenvalue weighted by Gasteiger charge is 2.37. The molecular weight excluding hydrogens is 296 g/mol. The zero-order valence-electron chi connectivity index (χ0n) is 12.5. The van der Waals surface area contributed by atoms with Crippen molar-refractivity contribution in [2.75, 3.05) is 26.2 Å². The lowest BCUT2D eigenvalue weighted by Gasteiger charge is -2.36. The molecule has 1 aliphatic carbocycles. The fourth-order valence-electron chi connectivity index (χ4n) is 3.26. The molecule has 1 aromatic rings. The normalized spacial score (nSPS) is 24.3. The second-order valence-electron chi connectivity index (χ2n) is 6.34. The second kappa shape index (κ2) is 5.61. The number of benzene rings is 1. The van der Waals surface area contributed by atoms with Gasteiger partial charge in [-0.25, -0.2) is 0 Å². The molecular formula is C17H20N2O2S. The Bertz CT molecular complexity index is 581. The van der Waals surface area contributed by atoms with Crippen LogP contribution >= 0.6 is 11.8 Å². The summed E-state index contributed by atoms with van der Waals surface area (Å²) in [6.07, 6.45) is 2.94. The number of fused-ring (bicyclic) bond motifs is 1. The summed E-state index contributed by atoms with van der Waals surface area (Å²) in [6.45, 7) is 2.77. The van der Waals surface area contributed by atoms with Gasteiger partial charge in [0, 0.05) is 37.0 Å². The van der Waals surface area contributed by atoms with Crippen molar-refractivity contribution in [3.05, 3.63) is 29.8 Å². The van der Waals surface area contributed by atoms with Gasteiger partial charge in [0.2, 0.25) is 11.8 Å². The van der Waals surface area contributed by atoms with E-state index in [-0.39, 0.29) is 17.1 Å². The predicted molar refractivity (Wildman–Crippen MR) is 85.7 cm³/mol. The molecule has 2 fully saturated rings. The number of amides is 2. The predicted octanol–water partition coefficient (Wildman–Crippen LogP) is 1.78. The Labute approximate surface area is 134 Å². The summed E-state index contributed by atoms with van der Waals surface area (Å²) >= 11 is 1.69. The molecule has 0 N–H and O–H groups in total. The van der Waals surface area contributed by atoms with E-state index in [9.17, 15) is 9.59 Å². The van der Waals surface area contributed by atoms with Gasteiger partial charge in [0.1, 0.15) is 0 Å². The third kappa shape index (κ3) is 2.62. The Morgan fingerprint density at radius 3 is 2.23 bits per heavy atom. The lowest BCUT2D eigenvalue weighted by atomic mass is 10.1. The number of carbonyl (C=O) groups is 2. The summed E-state index contributed by atoms with van der Waals surface area (Å²) in [6, 6.07) is 8.27. The van der Waals surface area contributed by atoms with E-state index in [0.29, 0.717) is 32.1 Å². The van der Waals surface area contributed by atoms with Crippen molar-refractivity contribution in [1.82, 2.24) is 9.80 Å². The SMILES string of the molecule is O=C(C1CC1)N1CCN(C(=O)C2Cc3ccccc3S2)CC1. The van der Waals surface area contributed by atoms with Crippen LogP contribution in [0.2, 0.25) is 0 Å². The first-order chi connectivity index (χ1) is 10.7. The molecule has 0 aromatic heterocycles. The number of nitrogens with zero attached hydrogens (tertiary/aromatic N) is 2. The largest absolute Gasteiger partial charge is 0.339 e. The summed E-state index contributed by atoms with van der Waals surface area (Å²) in [5.74, 6) is 0.816. The van der Waals surface area contributed by atoms with Gasteiger partial charge in [-0.15, -0.1) is 11.8 Å². The van der Waals surface area contributed by atoms with Gasteiger partial charge in [-0.2, -0.15) is 0 Å². The molecule has 3 aliphatic rings. The molecule has 1 unspecified atom stereocenters. The van der Waals surface area contributed by atoms with Crippen LogP contribution in [0.5, 0.6) is 0 Å². The highest BCUT2D eigenvalue weighted by atomic mass is 32.2. The molecule has 0 spiro atoms. The zero-order valence-corrected chi connectivity index (χ0v) is 13.3. The molecule has 0 radical (unpaired) electrons. The first-order valence-electron chi connectivity index (χ1n) is 8.04. The average Bonchev–Trinajstić information content (AvgIpc) is 3.32. The quantitative estimate of drug-likeness (QED) is 0.835. The molecule has 4 rings (SSSR count). The van der Waals surface area contributed by atoms with Crippen molar-refractivity contribution in [2.24, 2.45) is 5.92 Å². The number of thioether (sulfide) groups is 1. The van der Waals surface area contributed by atoms with Crippen LogP contribution in [0.1, 0.15) is 18.4 Å². The van der Waals surface area contributed by atoms with Gasteiger partial charge in [0.25, 0.3) is 0 Å². The van der Waals surface area contributed by atoms with E-state index in [1.54, 1.807) is 11.8 Å². The molecule has 116 valence electrons. The van der Waals surface area contributed by atoms with Crippen LogP contribution in [0.4, 0.5) is 0 Å². The zero-order chi connectivity index (χ0) is 15.1. The molecule has 2 heterocycles. The highest BCUT2D eigenvalue weighted by molar-refractivity contribution is 8.01. The molecule has 2 amide bonds. The number of rotatable bonds is 2. The van der Waals surface area contributed by atoms with Crippen molar-refractivity contribution >= 4 is 23.6 Å². The maximum Gasteiger partial charge on any atom is 0.236 e. The van der Waals surface area contributed by atoms with Crippen molar-refractivity contribution in [1.29, 1.82) is 0 Å². The van der Waals surface area contributed by atoms with Gasteiger partial charge >= 0.3 is 0 Å². The summed E-state index contributed by atoms with van der Waals surface area (Å²) in [5, 5.41) is 0.0167. The van der Waals surface area contributed by atoms with Crippen LogP contribution < -0.4 is 0 Å². The van der Waals surface area contributed by atoms with E-state index in [2.05, 4.69) is 12.1 Å². The van der Waals surface area contributed by atoms with Gasteiger partial charge in [0.15, 0.2) is 0 Å². The lowest BCUT2D eigenvalue weighted by Crippen LogP contribution is -2.52. The first-order valence-corrected chi connectivity index (χ1v) is 8.92. The van der Waals surface area contributed by atoms with Crippen LogP contribution in [0.25, 0.3) is 0 Å². The van der Waals surface area contributed by atoms with E-state index in [1.807, 2.05) is 21.9 Å². The summed E-state index contributed by atoms with van der Waals surface area (Å²) < 4.78 is 0. The monoisotopic (exact) mass is 316 g/mol. The highest BCUT2D eigenvalue weighted by Crippen LogP contribution is 2.37. The van der Waals surface area contributed by atoms with Gasteiger partial charge in [-0.3, -0.25) is 9.59 Å². The van der Waals surface area contributed by atoms with E-state index >= 15 is 0 Å². The molecule has 5 heteroatoms. The van der Waals surface area contributed by atoms with Crippen LogP contribution in [-0.2, 0) is 16.0 Å². The Hall–Kier alpha value is -1.49. The maximum absolute atomic E-state index is 12.7. The molecule has 1 aromatic carbocycles. The number of piperazine rings is 1. The third-order valence-electron chi connectivity index (χ3n) is 4.75. The Morgan fingerprint density at radius 1 is 0.955 bits per heavy atom. The summed E-state index contributed by atoms with van der Waals surface area (Å²) in [5.41, 5.74) is 1.29. The molecule has 0 bridgehead atoms. The fourth-order valence-corrected chi connectivity index (χ4v) is 4.54. The van der Waals surface area contributed by atoms with Gasteiger partial charge < -0.3 is 9.80 Å². The summed E-state index contributed by atoms with van der Waals surface area (Å²) in [4.78, 5) is 29.9. The van der Waals surface area contributed by atoms with Crippen LogP contribution in [-0.4, -0.2) is 53.0 Å². The van der Waals surface area contributed by atoms with Gasteiger partial charge in [-0.1, -0.05) is 18.2 Å². The van der Waals surface area contributed by atoms with E-state index in [4.69, 9.17) is 0 Å². The minimum Gasteiger partial charge on any atom is -0.339 e. The maximum atomic E-state index is 12.7. The van der Waals surface area contributed by atoms with Crippen molar-refractivity contribution in [2.45, 2.75) is 29.4 Å². The number of hydrogen-bond donors (Lipinski definition) is 0. The minimum absolute atomic E-state index is 0.0167. The van der Waals surface area contributed by atoms with Crippen LogP contribution in [0.3, 0.4) is 0 Å². The third-order valence-corrected chi connectivity index (χ3v) is 6.06. The molecule has 2 aliphatic heterocycles. The first kappa shape index (κ1) is 14.1. The Kier molecular flexibility index (Phi) is 3.60. The van der Waals surface area contributed by atoms with Crippen molar-refractivity contribution in [3.8, 4) is 0 Å². The fraction of sp³-hybridized carbons (Fsp3) is 0.529. The van der Waals surface area contributed by atoms with Crippen molar-refractivity contribution in [3.63, 3.8) is 0 Å². The topological polar surface area (TPSA) is 40.6 Å². The Morgan fingerprint density at radius 2 is 1.59 bits per heavy atom.